The summed E-state index contributed by atoms with van der Waals surface area (Å²) >= 11 is 1.65. The summed E-state index contributed by atoms with van der Waals surface area (Å²) in [4.78, 5) is 34.0. The Morgan fingerprint density at radius 3 is 2.78 bits per heavy atom. The second-order valence-corrected chi connectivity index (χ2v) is 9.74. The van der Waals surface area contributed by atoms with E-state index in [1.807, 2.05) is 0 Å². The van der Waals surface area contributed by atoms with Crippen LogP contribution in [0.4, 0.5) is 0 Å². The number of hydrogen-bond donors (Lipinski definition) is 0. The second kappa shape index (κ2) is 7.02. The number of amides is 1. The molecule has 0 unspecified atom stereocenters. The summed E-state index contributed by atoms with van der Waals surface area (Å²) < 4.78 is 6.77. The van der Waals surface area contributed by atoms with Crippen molar-refractivity contribution in [3.8, 4) is 0 Å². The predicted octanol–water partition coefficient (Wildman–Crippen LogP) is 2.47. The first-order chi connectivity index (χ1) is 12.8. The van der Waals surface area contributed by atoms with Gasteiger partial charge in [-0.15, -0.1) is 11.3 Å². The van der Waals surface area contributed by atoms with Crippen molar-refractivity contribution in [3.05, 3.63) is 27.1 Å². The predicted molar refractivity (Wildman–Crippen MR) is 106 cm³/mol. The normalized spacial score (nSPS) is 20.7. The van der Waals surface area contributed by atoms with Gasteiger partial charge in [0.05, 0.1) is 24.9 Å². The lowest BCUT2D eigenvalue weighted by atomic mass is 9.72. The van der Waals surface area contributed by atoms with E-state index in [9.17, 15) is 9.59 Å². The molecule has 1 saturated heterocycles. The second-order valence-electron chi connectivity index (χ2n) is 8.66. The van der Waals surface area contributed by atoms with E-state index in [4.69, 9.17) is 4.74 Å². The number of fused-ring (bicyclic) bond motifs is 3. The summed E-state index contributed by atoms with van der Waals surface area (Å²) in [7, 11) is 0. The van der Waals surface area contributed by atoms with E-state index in [-0.39, 0.29) is 23.4 Å². The van der Waals surface area contributed by atoms with Crippen molar-refractivity contribution in [3.63, 3.8) is 0 Å². The van der Waals surface area contributed by atoms with Gasteiger partial charge in [-0.1, -0.05) is 20.8 Å². The molecular formula is C20H27N3O3S. The molecule has 1 amide bonds. The van der Waals surface area contributed by atoms with E-state index in [0.717, 1.165) is 29.5 Å². The molecule has 7 heteroatoms. The maximum Gasteiger partial charge on any atom is 0.262 e. The highest BCUT2D eigenvalue weighted by molar-refractivity contribution is 7.18. The van der Waals surface area contributed by atoms with Crippen LogP contribution in [0.25, 0.3) is 10.2 Å². The first-order valence-corrected chi connectivity index (χ1v) is 10.5. The molecule has 2 aliphatic rings. The minimum Gasteiger partial charge on any atom is -0.378 e. The van der Waals surface area contributed by atoms with Crippen LogP contribution in [-0.4, -0.2) is 46.7 Å². The van der Waals surface area contributed by atoms with Crippen LogP contribution in [0, 0.1) is 11.3 Å². The summed E-state index contributed by atoms with van der Waals surface area (Å²) in [6, 6.07) is 0. The van der Waals surface area contributed by atoms with Crippen LogP contribution < -0.4 is 5.56 Å². The minimum atomic E-state index is -0.0756. The zero-order valence-corrected chi connectivity index (χ0v) is 17.1. The molecule has 0 spiro atoms. The average molecular weight is 390 g/mol. The zero-order chi connectivity index (χ0) is 19.2. The largest absolute Gasteiger partial charge is 0.378 e. The maximum absolute atomic E-state index is 13.1. The third-order valence-electron chi connectivity index (χ3n) is 5.93. The molecule has 4 rings (SSSR count). The van der Waals surface area contributed by atoms with Crippen LogP contribution in [-0.2, 0) is 28.9 Å². The van der Waals surface area contributed by atoms with Crippen LogP contribution in [0.1, 0.15) is 37.6 Å². The summed E-state index contributed by atoms with van der Waals surface area (Å²) in [5, 5.41) is 0.736. The van der Waals surface area contributed by atoms with E-state index in [0.29, 0.717) is 32.2 Å². The van der Waals surface area contributed by atoms with E-state index in [1.54, 1.807) is 16.2 Å². The van der Waals surface area contributed by atoms with Crippen LogP contribution in [0.3, 0.4) is 0 Å². The molecule has 1 atom stereocenters. The van der Waals surface area contributed by atoms with Crippen molar-refractivity contribution in [1.29, 1.82) is 0 Å². The number of carbonyl (C=O) groups is 1. The van der Waals surface area contributed by atoms with Crippen molar-refractivity contribution in [2.45, 2.75) is 46.6 Å². The summed E-state index contributed by atoms with van der Waals surface area (Å²) in [6.45, 7) is 9.22. The SMILES string of the molecule is CC(C)(C)[C@H]1CCc2c(sc3ncn(CC(=O)N4CCOCC4)c(=O)c23)C1. The molecule has 2 aromatic rings. The molecule has 0 bridgehead atoms. The van der Waals surface area contributed by atoms with Gasteiger partial charge in [0.1, 0.15) is 11.4 Å². The Morgan fingerprint density at radius 2 is 2.07 bits per heavy atom. The number of thiophene rings is 1. The number of morpholine rings is 1. The number of aromatic nitrogens is 2. The molecule has 146 valence electrons. The lowest BCUT2D eigenvalue weighted by Gasteiger charge is -2.33. The van der Waals surface area contributed by atoms with E-state index >= 15 is 0 Å². The molecule has 1 aliphatic carbocycles. The van der Waals surface area contributed by atoms with Gasteiger partial charge < -0.3 is 9.64 Å². The van der Waals surface area contributed by atoms with Gasteiger partial charge in [-0.25, -0.2) is 4.98 Å². The van der Waals surface area contributed by atoms with Gasteiger partial charge in [0.2, 0.25) is 5.91 Å². The Labute approximate surface area is 163 Å². The maximum atomic E-state index is 13.1. The summed E-state index contributed by atoms with van der Waals surface area (Å²) in [6.07, 6.45) is 4.58. The van der Waals surface area contributed by atoms with E-state index in [1.165, 1.54) is 21.3 Å². The first-order valence-electron chi connectivity index (χ1n) is 9.70. The van der Waals surface area contributed by atoms with Crippen molar-refractivity contribution in [2.24, 2.45) is 11.3 Å². The Balaban J connectivity index is 1.63. The molecule has 2 aromatic heterocycles. The van der Waals surface area contributed by atoms with E-state index in [2.05, 4.69) is 25.8 Å². The monoisotopic (exact) mass is 389 g/mol. The molecule has 1 aliphatic heterocycles. The molecule has 0 radical (unpaired) electrons. The number of rotatable bonds is 2. The Morgan fingerprint density at radius 1 is 1.33 bits per heavy atom. The van der Waals surface area contributed by atoms with Crippen LogP contribution in [0.15, 0.2) is 11.1 Å². The topological polar surface area (TPSA) is 64.4 Å². The highest BCUT2D eigenvalue weighted by atomic mass is 32.1. The first kappa shape index (κ1) is 18.6. The molecule has 3 heterocycles. The molecule has 0 N–H and O–H groups in total. The van der Waals surface area contributed by atoms with Crippen LogP contribution in [0.2, 0.25) is 0 Å². The standard InChI is InChI=1S/C20H27N3O3S/c1-20(2,3)13-4-5-14-15(10-13)27-18-17(14)19(25)23(12-21-18)11-16(24)22-6-8-26-9-7-22/h12-13H,4-11H2,1-3H3/t13-/m0/s1. The van der Waals surface area contributed by atoms with Gasteiger partial charge in [-0.05, 0) is 36.2 Å². The van der Waals surface area contributed by atoms with Gasteiger partial charge in [-0.2, -0.15) is 0 Å². The van der Waals surface area contributed by atoms with Crippen molar-refractivity contribution in [1.82, 2.24) is 14.5 Å². The average Bonchev–Trinajstić information content (AvgIpc) is 3.02. The third-order valence-corrected chi connectivity index (χ3v) is 7.09. The number of aryl methyl sites for hydroxylation is 1. The van der Waals surface area contributed by atoms with Crippen LogP contribution in [0.5, 0.6) is 0 Å². The lowest BCUT2D eigenvalue weighted by molar-refractivity contribution is -0.135. The Hall–Kier alpha value is -1.73. The highest BCUT2D eigenvalue weighted by Crippen LogP contribution is 2.41. The zero-order valence-electron chi connectivity index (χ0n) is 16.3. The number of carbonyl (C=O) groups excluding carboxylic acids is 1. The summed E-state index contributed by atoms with van der Waals surface area (Å²) in [5.74, 6) is 0.585. The molecular weight excluding hydrogens is 362 g/mol. The fourth-order valence-electron chi connectivity index (χ4n) is 4.11. The number of ether oxygens (including phenoxy) is 1. The molecule has 27 heavy (non-hydrogen) atoms. The molecule has 1 fully saturated rings. The molecule has 0 saturated carbocycles. The third kappa shape index (κ3) is 3.55. The Bertz CT molecular complexity index is 919. The van der Waals surface area contributed by atoms with Crippen molar-refractivity contribution in [2.75, 3.05) is 26.3 Å². The summed E-state index contributed by atoms with van der Waals surface area (Å²) in [5.41, 5.74) is 1.36. The molecule has 0 aromatic carbocycles. The van der Waals surface area contributed by atoms with Gasteiger partial charge in [0.15, 0.2) is 0 Å². The van der Waals surface area contributed by atoms with Crippen molar-refractivity contribution < 1.29 is 9.53 Å². The van der Waals surface area contributed by atoms with Gasteiger partial charge >= 0.3 is 0 Å². The quantitative estimate of drug-likeness (QED) is 0.792. The smallest absolute Gasteiger partial charge is 0.262 e. The fourth-order valence-corrected chi connectivity index (χ4v) is 5.37. The minimum absolute atomic E-state index is 0.0431. The number of hydrogen-bond acceptors (Lipinski definition) is 5. The number of nitrogens with zero attached hydrogens (tertiary/aromatic N) is 3. The lowest BCUT2D eigenvalue weighted by Crippen LogP contribution is -2.43. The van der Waals surface area contributed by atoms with Gasteiger partial charge in [0, 0.05) is 18.0 Å². The van der Waals surface area contributed by atoms with Crippen LogP contribution >= 0.6 is 11.3 Å². The molecule has 6 nitrogen and oxygen atoms in total. The van der Waals surface area contributed by atoms with Gasteiger partial charge in [-0.3, -0.25) is 14.2 Å². The highest BCUT2D eigenvalue weighted by Gasteiger charge is 2.32. The van der Waals surface area contributed by atoms with Crippen molar-refractivity contribution >= 4 is 27.5 Å². The fraction of sp³-hybridized carbons (Fsp3) is 0.650. The van der Waals surface area contributed by atoms with Gasteiger partial charge in [0.25, 0.3) is 5.56 Å². The van der Waals surface area contributed by atoms with E-state index < -0.39 is 0 Å². The Kier molecular flexibility index (Phi) is 4.84.